The number of carbonyl (C=O) groups is 1. The van der Waals surface area contributed by atoms with E-state index in [1.54, 1.807) is 18.2 Å². The molecule has 2 N–H and O–H groups in total. The molecule has 0 saturated carbocycles. The fraction of sp³-hybridized carbons (Fsp3) is 0.176. The highest BCUT2D eigenvalue weighted by Crippen LogP contribution is 2.27. The molecule has 124 valence electrons. The molecule has 4 nitrogen and oxygen atoms in total. The SMILES string of the molecule is CC(=O)c1c(NC2=CCC(Cl)C=C2Cl)[nH]c2ccc(Cl)cc2c1=O. The van der Waals surface area contributed by atoms with Gasteiger partial charge in [0.25, 0.3) is 0 Å². The van der Waals surface area contributed by atoms with Crippen molar-refractivity contribution in [2.45, 2.75) is 18.7 Å². The van der Waals surface area contributed by atoms with Crippen molar-refractivity contribution in [3.8, 4) is 0 Å². The maximum atomic E-state index is 12.7. The lowest BCUT2D eigenvalue weighted by Gasteiger charge is -2.18. The topological polar surface area (TPSA) is 62.0 Å². The molecule has 2 aromatic rings. The number of anilines is 1. The highest BCUT2D eigenvalue weighted by Gasteiger charge is 2.19. The summed E-state index contributed by atoms with van der Waals surface area (Å²) < 4.78 is 0. The van der Waals surface area contributed by atoms with Crippen LogP contribution in [0.15, 0.2) is 45.9 Å². The molecule has 1 atom stereocenters. The summed E-state index contributed by atoms with van der Waals surface area (Å²) in [5.41, 5.74) is 0.819. The van der Waals surface area contributed by atoms with E-state index in [2.05, 4.69) is 10.3 Å². The molecule has 3 rings (SSSR count). The minimum Gasteiger partial charge on any atom is -0.340 e. The van der Waals surface area contributed by atoms with Crippen molar-refractivity contribution >= 4 is 57.3 Å². The zero-order valence-corrected chi connectivity index (χ0v) is 14.9. The third-order valence-corrected chi connectivity index (χ3v) is 4.58. The van der Waals surface area contributed by atoms with E-state index in [1.165, 1.54) is 13.0 Å². The van der Waals surface area contributed by atoms with E-state index < -0.39 is 0 Å². The summed E-state index contributed by atoms with van der Waals surface area (Å²) >= 11 is 18.2. The van der Waals surface area contributed by atoms with Crippen molar-refractivity contribution in [3.63, 3.8) is 0 Å². The molecule has 0 radical (unpaired) electrons. The summed E-state index contributed by atoms with van der Waals surface area (Å²) in [6.07, 6.45) is 4.13. The predicted molar refractivity (Wildman–Crippen MR) is 99.5 cm³/mol. The molecule has 1 aromatic carbocycles. The first-order valence-corrected chi connectivity index (χ1v) is 8.41. The molecule has 1 aliphatic carbocycles. The minimum atomic E-state index is -0.381. The van der Waals surface area contributed by atoms with E-state index in [1.807, 2.05) is 6.08 Å². The van der Waals surface area contributed by atoms with Crippen molar-refractivity contribution in [1.82, 2.24) is 4.98 Å². The van der Waals surface area contributed by atoms with Gasteiger partial charge in [-0.15, -0.1) is 11.6 Å². The fourth-order valence-electron chi connectivity index (χ4n) is 2.58. The van der Waals surface area contributed by atoms with E-state index in [4.69, 9.17) is 34.8 Å². The zero-order valence-electron chi connectivity index (χ0n) is 12.6. The van der Waals surface area contributed by atoms with Gasteiger partial charge in [-0.3, -0.25) is 9.59 Å². The lowest BCUT2D eigenvalue weighted by Crippen LogP contribution is -2.19. The Hall–Kier alpha value is -1.75. The fourth-order valence-corrected chi connectivity index (χ4v) is 3.31. The molecule has 1 aliphatic rings. The Morgan fingerprint density at radius 3 is 2.75 bits per heavy atom. The Kier molecular flexibility index (Phi) is 4.72. The summed E-state index contributed by atoms with van der Waals surface area (Å²) in [6, 6.07) is 4.90. The van der Waals surface area contributed by atoms with Crippen LogP contribution in [0, 0.1) is 0 Å². The Morgan fingerprint density at radius 2 is 2.08 bits per heavy atom. The van der Waals surface area contributed by atoms with Crippen molar-refractivity contribution in [1.29, 1.82) is 0 Å². The van der Waals surface area contributed by atoms with Gasteiger partial charge >= 0.3 is 0 Å². The number of pyridine rings is 1. The van der Waals surface area contributed by atoms with E-state index in [0.717, 1.165) is 0 Å². The van der Waals surface area contributed by atoms with Gasteiger partial charge in [-0.25, -0.2) is 0 Å². The molecule has 0 saturated heterocycles. The van der Waals surface area contributed by atoms with Crippen LogP contribution >= 0.6 is 34.8 Å². The third kappa shape index (κ3) is 3.22. The van der Waals surface area contributed by atoms with Crippen LogP contribution in [0.1, 0.15) is 23.7 Å². The summed E-state index contributed by atoms with van der Waals surface area (Å²) in [7, 11) is 0. The first kappa shape index (κ1) is 17.1. The zero-order chi connectivity index (χ0) is 17.4. The standard InChI is InChI=1S/C17H13Cl3N2O2/c1-8(23)15-16(24)11-6-9(18)2-4-13(11)21-17(15)22-14-5-3-10(19)7-12(14)20/h2,4-7,10H,3H2,1H3,(H2,21,22,24). The monoisotopic (exact) mass is 382 g/mol. The van der Waals surface area contributed by atoms with Gasteiger partial charge in [0.15, 0.2) is 5.78 Å². The number of aromatic amines is 1. The Balaban J connectivity index is 2.16. The number of allylic oxidation sites excluding steroid dienone is 3. The Bertz CT molecular complexity index is 960. The molecule has 0 aliphatic heterocycles. The number of nitrogens with one attached hydrogen (secondary N) is 2. The van der Waals surface area contributed by atoms with Crippen LogP contribution in [0.25, 0.3) is 10.9 Å². The number of alkyl halides is 1. The van der Waals surface area contributed by atoms with E-state index >= 15 is 0 Å². The number of carbonyl (C=O) groups excluding carboxylic acids is 1. The van der Waals surface area contributed by atoms with Crippen LogP contribution < -0.4 is 10.7 Å². The van der Waals surface area contributed by atoms with Gasteiger partial charge in [-0.2, -0.15) is 0 Å². The quantitative estimate of drug-likeness (QED) is 0.590. The number of hydrogen-bond donors (Lipinski definition) is 2. The van der Waals surface area contributed by atoms with Gasteiger partial charge in [0, 0.05) is 10.4 Å². The first-order chi connectivity index (χ1) is 11.4. The van der Waals surface area contributed by atoms with E-state index in [0.29, 0.717) is 38.9 Å². The molecule has 1 aromatic heterocycles. The smallest absolute Gasteiger partial charge is 0.202 e. The maximum absolute atomic E-state index is 12.7. The van der Waals surface area contributed by atoms with Gasteiger partial charge in [0.05, 0.1) is 21.6 Å². The van der Waals surface area contributed by atoms with Gasteiger partial charge in [-0.05, 0) is 37.6 Å². The second kappa shape index (κ2) is 6.63. The largest absolute Gasteiger partial charge is 0.340 e. The van der Waals surface area contributed by atoms with Crippen molar-refractivity contribution in [2.24, 2.45) is 0 Å². The number of H-pyrrole nitrogens is 1. The Labute approximate surface area is 153 Å². The number of benzene rings is 1. The summed E-state index contributed by atoms with van der Waals surface area (Å²) in [4.78, 5) is 27.8. The molecular formula is C17H13Cl3N2O2. The number of Topliss-reactive ketones (excluding diaryl/α,β-unsaturated/α-hetero) is 1. The van der Waals surface area contributed by atoms with E-state index in [-0.39, 0.29) is 22.2 Å². The van der Waals surface area contributed by atoms with E-state index in [9.17, 15) is 9.59 Å². The van der Waals surface area contributed by atoms with Gasteiger partial charge in [-0.1, -0.05) is 29.3 Å². The highest BCUT2D eigenvalue weighted by atomic mass is 35.5. The Morgan fingerprint density at radius 1 is 1.33 bits per heavy atom. The number of fused-ring (bicyclic) bond motifs is 1. The molecule has 0 bridgehead atoms. The van der Waals surface area contributed by atoms with Gasteiger partial charge < -0.3 is 10.3 Å². The summed E-state index contributed by atoms with van der Waals surface area (Å²) in [5, 5.41) is 4.09. The highest BCUT2D eigenvalue weighted by molar-refractivity contribution is 6.33. The normalized spacial score (nSPS) is 17.4. The van der Waals surface area contributed by atoms with Crippen LogP contribution in [0.3, 0.4) is 0 Å². The molecule has 0 spiro atoms. The first-order valence-electron chi connectivity index (χ1n) is 7.22. The number of rotatable bonds is 3. The third-order valence-electron chi connectivity index (χ3n) is 3.71. The van der Waals surface area contributed by atoms with Crippen molar-refractivity contribution in [2.75, 3.05) is 5.32 Å². The van der Waals surface area contributed by atoms with Gasteiger partial charge in [0.1, 0.15) is 11.4 Å². The molecule has 7 heteroatoms. The lowest BCUT2D eigenvalue weighted by atomic mass is 10.1. The molecule has 1 unspecified atom stereocenters. The average Bonchev–Trinajstić information content (AvgIpc) is 2.50. The summed E-state index contributed by atoms with van der Waals surface area (Å²) in [5.74, 6) is -0.0551. The predicted octanol–water partition coefficient (Wildman–Crippen LogP) is 4.81. The van der Waals surface area contributed by atoms with Crippen LogP contribution in [0.5, 0.6) is 0 Å². The van der Waals surface area contributed by atoms with Crippen LogP contribution in [-0.4, -0.2) is 16.1 Å². The second-order valence-corrected chi connectivity index (χ2v) is 6.86. The molecule has 0 amide bonds. The summed E-state index contributed by atoms with van der Waals surface area (Å²) in [6.45, 7) is 1.34. The maximum Gasteiger partial charge on any atom is 0.202 e. The number of hydrogen-bond acceptors (Lipinski definition) is 3. The lowest BCUT2D eigenvalue weighted by molar-refractivity contribution is 0.101. The number of ketones is 1. The molecule has 0 fully saturated rings. The second-order valence-electron chi connectivity index (χ2n) is 5.46. The van der Waals surface area contributed by atoms with Crippen molar-refractivity contribution < 1.29 is 4.79 Å². The average molecular weight is 384 g/mol. The van der Waals surface area contributed by atoms with Gasteiger partial charge in [0.2, 0.25) is 5.43 Å². The number of halogens is 3. The van der Waals surface area contributed by atoms with Crippen LogP contribution in [0.2, 0.25) is 5.02 Å². The molecular weight excluding hydrogens is 371 g/mol. The van der Waals surface area contributed by atoms with Crippen molar-refractivity contribution in [3.05, 3.63) is 61.9 Å². The minimum absolute atomic E-state index is 0.0307. The van der Waals surface area contributed by atoms with Crippen LogP contribution in [-0.2, 0) is 0 Å². The van der Waals surface area contributed by atoms with Crippen LogP contribution in [0.4, 0.5) is 5.82 Å². The molecule has 24 heavy (non-hydrogen) atoms. The molecule has 1 heterocycles. The number of aromatic nitrogens is 1.